The number of hydrogen-bond acceptors (Lipinski definition) is 5. The third-order valence-corrected chi connectivity index (χ3v) is 2.98. The van der Waals surface area contributed by atoms with Crippen LogP contribution in [0.4, 0.5) is 5.82 Å². The lowest BCUT2D eigenvalue weighted by molar-refractivity contribution is 0.00333. The van der Waals surface area contributed by atoms with Gasteiger partial charge < -0.3 is 20.5 Å². The first-order chi connectivity index (χ1) is 8.24. The van der Waals surface area contributed by atoms with Gasteiger partial charge in [-0.25, -0.2) is 4.98 Å². The first kappa shape index (κ1) is 12.3. The van der Waals surface area contributed by atoms with Gasteiger partial charge in [0.15, 0.2) is 0 Å². The molecule has 1 fully saturated rings. The average molecular weight is 237 g/mol. The molecule has 0 aliphatic carbocycles. The van der Waals surface area contributed by atoms with Gasteiger partial charge in [0.1, 0.15) is 5.82 Å². The van der Waals surface area contributed by atoms with Gasteiger partial charge in [-0.2, -0.15) is 0 Å². The molecule has 0 aromatic carbocycles. The van der Waals surface area contributed by atoms with Gasteiger partial charge in [0, 0.05) is 25.8 Å². The first-order valence-corrected chi connectivity index (χ1v) is 5.87. The molecular formula is C12H19N3O2. The Balaban J connectivity index is 2.16. The molecule has 1 aliphatic heterocycles. The first-order valence-electron chi connectivity index (χ1n) is 5.87. The molecule has 1 aliphatic rings. The second-order valence-electron chi connectivity index (χ2n) is 4.31. The van der Waals surface area contributed by atoms with Crippen LogP contribution in [0.25, 0.3) is 0 Å². The molecule has 17 heavy (non-hydrogen) atoms. The maximum atomic E-state index is 9.12. The zero-order valence-electron chi connectivity index (χ0n) is 10.1. The van der Waals surface area contributed by atoms with Crippen molar-refractivity contribution in [2.45, 2.75) is 19.6 Å². The van der Waals surface area contributed by atoms with Crippen LogP contribution in [0.15, 0.2) is 12.3 Å². The summed E-state index contributed by atoms with van der Waals surface area (Å²) >= 11 is 0. The van der Waals surface area contributed by atoms with Crippen LogP contribution in [0, 0.1) is 6.92 Å². The smallest absolute Gasteiger partial charge is 0.131 e. The molecule has 1 aromatic rings. The van der Waals surface area contributed by atoms with Crippen molar-refractivity contribution in [3.8, 4) is 0 Å². The van der Waals surface area contributed by atoms with E-state index >= 15 is 0 Å². The molecule has 0 spiro atoms. The Labute approximate surface area is 101 Å². The van der Waals surface area contributed by atoms with Gasteiger partial charge in [-0.3, -0.25) is 0 Å². The molecule has 1 aromatic heterocycles. The maximum absolute atomic E-state index is 9.12. The molecule has 0 radical (unpaired) electrons. The number of hydrogen-bond donors (Lipinski definition) is 2. The number of nitrogens with zero attached hydrogens (tertiary/aromatic N) is 2. The number of pyridine rings is 1. The molecule has 5 nitrogen and oxygen atoms in total. The molecule has 3 N–H and O–H groups in total. The number of rotatable bonds is 3. The Morgan fingerprint density at radius 3 is 3.12 bits per heavy atom. The van der Waals surface area contributed by atoms with Crippen molar-refractivity contribution >= 4 is 5.82 Å². The van der Waals surface area contributed by atoms with E-state index < -0.39 is 0 Å². The van der Waals surface area contributed by atoms with E-state index in [-0.39, 0.29) is 12.7 Å². The van der Waals surface area contributed by atoms with Crippen molar-refractivity contribution in [3.05, 3.63) is 23.4 Å². The van der Waals surface area contributed by atoms with Crippen LogP contribution >= 0.6 is 0 Å². The normalized spacial score (nSPS) is 20.6. The minimum atomic E-state index is -0.112. The molecule has 2 heterocycles. The third kappa shape index (κ3) is 2.74. The predicted molar refractivity (Wildman–Crippen MR) is 65.9 cm³/mol. The van der Waals surface area contributed by atoms with E-state index in [0.29, 0.717) is 19.7 Å². The summed E-state index contributed by atoms with van der Waals surface area (Å²) in [5.41, 5.74) is 7.74. The Bertz CT molecular complexity index is 384. The minimum Gasteiger partial charge on any atom is -0.394 e. The summed E-state index contributed by atoms with van der Waals surface area (Å²) in [6, 6.07) is 2.06. The predicted octanol–water partition coefficient (Wildman–Crippen LogP) is 0.0462. The van der Waals surface area contributed by atoms with Gasteiger partial charge in [-0.05, 0) is 24.1 Å². The molecular weight excluding hydrogens is 218 g/mol. The van der Waals surface area contributed by atoms with Crippen molar-refractivity contribution in [2.24, 2.45) is 5.73 Å². The largest absolute Gasteiger partial charge is 0.394 e. The highest BCUT2D eigenvalue weighted by Gasteiger charge is 2.21. The van der Waals surface area contributed by atoms with Crippen molar-refractivity contribution in [1.29, 1.82) is 0 Å². The number of aliphatic hydroxyl groups excluding tert-OH is 1. The van der Waals surface area contributed by atoms with Gasteiger partial charge >= 0.3 is 0 Å². The van der Waals surface area contributed by atoms with Crippen LogP contribution in [0.1, 0.15) is 11.1 Å². The fourth-order valence-electron chi connectivity index (χ4n) is 2.09. The topological polar surface area (TPSA) is 71.6 Å². The van der Waals surface area contributed by atoms with E-state index in [1.807, 2.05) is 13.1 Å². The van der Waals surface area contributed by atoms with Crippen molar-refractivity contribution in [3.63, 3.8) is 0 Å². The van der Waals surface area contributed by atoms with Gasteiger partial charge in [0.2, 0.25) is 0 Å². The highest BCUT2D eigenvalue weighted by atomic mass is 16.5. The molecule has 2 rings (SSSR count). The standard InChI is InChI=1S/C12H19N3O2/c1-9-4-10(5-13)6-14-12(9)15-2-3-17-11(7-15)8-16/h4,6,11,16H,2-3,5,7-8,13H2,1H3. The monoisotopic (exact) mass is 237 g/mol. The summed E-state index contributed by atoms with van der Waals surface area (Å²) in [6.45, 7) is 4.72. The van der Waals surface area contributed by atoms with Crippen LogP contribution in [0.3, 0.4) is 0 Å². The van der Waals surface area contributed by atoms with Crippen LogP contribution in [-0.2, 0) is 11.3 Å². The number of aromatic nitrogens is 1. The van der Waals surface area contributed by atoms with Crippen LogP contribution < -0.4 is 10.6 Å². The summed E-state index contributed by atoms with van der Waals surface area (Å²) in [6.07, 6.45) is 1.70. The zero-order valence-corrected chi connectivity index (χ0v) is 10.1. The van der Waals surface area contributed by atoms with Gasteiger partial charge in [0.25, 0.3) is 0 Å². The Morgan fingerprint density at radius 2 is 2.47 bits per heavy atom. The van der Waals surface area contributed by atoms with Crippen molar-refractivity contribution in [1.82, 2.24) is 4.98 Å². The van der Waals surface area contributed by atoms with E-state index in [0.717, 1.165) is 23.5 Å². The van der Waals surface area contributed by atoms with Crippen LogP contribution in [-0.4, -0.2) is 42.5 Å². The lowest BCUT2D eigenvalue weighted by Gasteiger charge is -2.33. The second-order valence-corrected chi connectivity index (χ2v) is 4.31. The Kier molecular flexibility index (Phi) is 3.93. The molecule has 94 valence electrons. The van der Waals surface area contributed by atoms with E-state index in [1.165, 1.54) is 0 Å². The lowest BCUT2D eigenvalue weighted by Crippen LogP contribution is -2.44. The van der Waals surface area contributed by atoms with Crippen molar-refractivity contribution in [2.75, 3.05) is 31.2 Å². The molecule has 0 bridgehead atoms. The fourth-order valence-corrected chi connectivity index (χ4v) is 2.09. The van der Waals surface area contributed by atoms with Crippen LogP contribution in [0.5, 0.6) is 0 Å². The molecule has 1 unspecified atom stereocenters. The fraction of sp³-hybridized carbons (Fsp3) is 0.583. The number of ether oxygens (including phenoxy) is 1. The number of anilines is 1. The van der Waals surface area contributed by atoms with Crippen LogP contribution in [0.2, 0.25) is 0 Å². The summed E-state index contributed by atoms with van der Waals surface area (Å²) in [7, 11) is 0. The number of aliphatic hydroxyl groups is 1. The molecule has 5 heteroatoms. The van der Waals surface area contributed by atoms with E-state index in [2.05, 4.69) is 16.0 Å². The van der Waals surface area contributed by atoms with E-state index in [1.54, 1.807) is 0 Å². The summed E-state index contributed by atoms with van der Waals surface area (Å²) in [4.78, 5) is 6.60. The third-order valence-electron chi connectivity index (χ3n) is 2.98. The highest BCUT2D eigenvalue weighted by Crippen LogP contribution is 2.20. The average Bonchev–Trinajstić information content (AvgIpc) is 2.38. The molecule has 0 saturated carbocycles. The molecule has 1 atom stereocenters. The summed E-state index contributed by atoms with van der Waals surface area (Å²) < 4.78 is 5.42. The van der Waals surface area contributed by atoms with E-state index in [4.69, 9.17) is 15.6 Å². The SMILES string of the molecule is Cc1cc(CN)cnc1N1CCOC(CO)C1. The number of nitrogens with two attached hydrogens (primary N) is 1. The Morgan fingerprint density at radius 1 is 1.65 bits per heavy atom. The maximum Gasteiger partial charge on any atom is 0.131 e. The quantitative estimate of drug-likeness (QED) is 0.777. The highest BCUT2D eigenvalue weighted by molar-refractivity contribution is 5.47. The number of morpholine rings is 1. The van der Waals surface area contributed by atoms with Gasteiger partial charge in [0.05, 0.1) is 19.3 Å². The van der Waals surface area contributed by atoms with Gasteiger partial charge in [-0.1, -0.05) is 0 Å². The van der Waals surface area contributed by atoms with E-state index in [9.17, 15) is 0 Å². The van der Waals surface area contributed by atoms with Gasteiger partial charge in [-0.15, -0.1) is 0 Å². The molecule has 0 amide bonds. The Hall–Kier alpha value is -1.17. The lowest BCUT2D eigenvalue weighted by atomic mass is 10.2. The number of aryl methyl sites for hydroxylation is 1. The second kappa shape index (κ2) is 5.44. The summed E-state index contributed by atoms with van der Waals surface area (Å²) in [5, 5.41) is 9.12. The minimum absolute atomic E-state index is 0.0520. The van der Waals surface area contributed by atoms with Crippen molar-refractivity contribution < 1.29 is 9.84 Å². The molecule has 1 saturated heterocycles. The zero-order chi connectivity index (χ0) is 12.3. The summed E-state index contributed by atoms with van der Waals surface area (Å²) in [5.74, 6) is 0.962.